The minimum absolute atomic E-state index is 0.147. The van der Waals surface area contributed by atoms with E-state index in [9.17, 15) is 18.8 Å². The molecule has 0 bridgehead atoms. The molecule has 196 valence electrons. The van der Waals surface area contributed by atoms with Crippen LogP contribution in [0.3, 0.4) is 0 Å². The Kier molecular flexibility index (Phi) is 8.53. The Morgan fingerprint density at radius 1 is 1.08 bits per heavy atom. The van der Waals surface area contributed by atoms with Crippen LogP contribution in [0.2, 0.25) is 0 Å². The molecule has 4 rings (SSSR count). The van der Waals surface area contributed by atoms with Crippen molar-refractivity contribution >= 4 is 56.5 Å². The van der Waals surface area contributed by atoms with Crippen molar-refractivity contribution in [3.63, 3.8) is 0 Å². The van der Waals surface area contributed by atoms with Gasteiger partial charge in [-0.05, 0) is 78.7 Å². The molecule has 1 fully saturated rings. The maximum atomic E-state index is 14.0. The third kappa shape index (κ3) is 6.08. The topological polar surface area (TPSA) is 84.9 Å². The van der Waals surface area contributed by atoms with Gasteiger partial charge in [0.2, 0.25) is 0 Å². The highest BCUT2D eigenvalue weighted by Gasteiger charge is 2.35. The van der Waals surface area contributed by atoms with Crippen molar-refractivity contribution in [2.45, 2.75) is 20.4 Å². The molecule has 3 amide bonds. The summed E-state index contributed by atoms with van der Waals surface area (Å²) in [6.45, 7) is 3.50. The van der Waals surface area contributed by atoms with Crippen molar-refractivity contribution in [3.05, 3.63) is 92.0 Å². The van der Waals surface area contributed by atoms with E-state index in [2.05, 4.69) is 21.2 Å². The average molecular weight is 599 g/mol. The first-order chi connectivity index (χ1) is 18.2. The number of thioether (sulfide) groups is 1. The second-order valence-corrected chi connectivity index (χ2v) is 10.3. The number of carbonyl (C=O) groups excluding carboxylic acids is 3. The van der Waals surface area contributed by atoms with Gasteiger partial charge >= 0.3 is 0 Å². The van der Waals surface area contributed by atoms with Gasteiger partial charge in [0, 0.05) is 15.7 Å². The molecule has 0 spiro atoms. The van der Waals surface area contributed by atoms with Crippen LogP contribution in [-0.4, -0.2) is 35.7 Å². The van der Waals surface area contributed by atoms with E-state index in [0.29, 0.717) is 22.7 Å². The zero-order chi connectivity index (χ0) is 27.4. The van der Waals surface area contributed by atoms with Crippen LogP contribution in [0.5, 0.6) is 11.5 Å². The molecular formula is C28H24BrFN2O5S. The number of anilines is 1. The molecule has 1 heterocycles. The molecule has 1 N–H and O–H groups in total. The van der Waals surface area contributed by atoms with Crippen molar-refractivity contribution in [2.24, 2.45) is 0 Å². The number of imide groups is 1. The van der Waals surface area contributed by atoms with Gasteiger partial charge in [-0.25, -0.2) is 4.39 Å². The lowest BCUT2D eigenvalue weighted by atomic mass is 10.1. The fourth-order valence-corrected chi connectivity index (χ4v) is 5.00. The number of hydrogen-bond acceptors (Lipinski definition) is 6. The number of carbonyl (C=O) groups is 3. The summed E-state index contributed by atoms with van der Waals surface area (Å²) in [5.41, 5.74) is 3.54. The fourth-order valence-electron chi connectivity index (χ4n) is 3.73. The van der Waals surface area contributed by atoms with E-state index in [4.69, 9.17) is 9.47 Å². The summed E-state index contributed by atoms with van der Waals surface area (Å²) in [4.78, 5) is 39.0. The molecule has 38 heavy (non-hydrogen) atoms. The average Bonchev–Trinajstić information content (AvgIpc) is 3.16. The molecule has 0 unspecified atom stereocenters. The Hall–Kier alpha value is -3.63. The Morgan fingerprint density at radius 3 is 2.58 bits per heavy atom. The second-order valence-electron chi connectivity index (χ2n) is 8.45. The number of nitrogens with zero attached hydrogens (tertiary/aromatic N) is 1. The van der Waals surface area contributed by atoms with Crippen LogP contribution in [0.15, 0.2) is 64.0 Å². The van der Waals surface area contributed by atoms with E-state index in [-0.39, 0.29) is 29.5 Å². The maximum Gasteiger partial charge on any atom is 0.293 e. The Bertz CT molecular complexity index is 1460. The predicted octanol–water partition coefficient (Wildman–Crippen LogP) is 6.47. The number of amides is 3. The third-order valence-electron chi connectivity index (χ3n) is 6.00. The van der Waals surface area contributed by atoms with E-state index in [1.165, 1.54) is 19.2 Å². The molecule has 1 aliphatic heterocycles. The van der Waals surface area contributed by atoms with E-state index in [0.717, 1.165) is 32.3 Å². The lowest BCUT2D eigenvalue weighted by molar-refractivity contribution is -0.123. The van der Waals surface area contributed by atoms with Gasteiger partial charge in [0.15, 0.2) is 18.1 Å². The van der Waals surface area contributed by atoms with Gasteiger partial charge in [-0.2, -0.15) is 0 Å². The van der Waals surface area contributed by atoms with Gasteiger partial charge in [0.05, 0.1) is 18.6 Å². The molecular weight excluding hydrogens is 575 g/mol. The molecule has 10 heteroatoms. The number of halogens is 2. The SMILES string of the molecule is COc1cc(/C=C2\SC(=O)N(Cc3ccccc3F)C2=O)ccc1OCC(=O)Nc1ccc(Br)c(C)c1C. The lowest BCUT2D eigenvalue weighted by Crippen LogP contribution is -2.27. The molecule has 3 aromatic carbocycles. The molecule has 0 aliphatic carbocycles. The summed E-state index contributed by atoms with van der Waals surface area (Å²) < 4.78 is 26.1. The summed E-state index contributed by atoms with van der Waals surface area (Å²) in [7, 11) is 1.46. The monoisotopic (exact) mass is 598 g/mol. The maximum absolute atomic E-state index is 14.0. The van der Waals surface area contributed by atoms with Gasteiger partial charge in [-0.1, -0.05) is 40.2 Å². The zero-order valence-corrected chi connectivity index (χ0v) is 23.2. The van der Waals surface area contributed by atoms with Crippen LogP contribution in [0.1, 0.15) is 22.3 Å². The summed E-state index contributed by atoms with van der Waals surface area (Å²) in [6.07, 6.45) is 1.56. The standard InChI is InChI=1S/C28H24BrFN2O5S/c1-16-17(2)22(10-9-20(16)29)31-26(33)15-37-23-11-8-18(12-24(23)36-3)13-25-27(34)32(28(35)38-25)14-19-6-4-5-7-21(19)30/h4-13H,14-15H2,1-3H3,(H,31,33)/b25-13-. The minimum Gasteiger partial charge on any atom is -0.493 e. The molecule has 0 radical (unpaired) electrons. The fraction of sp³-hybridized carbons (Fsp3) is 0.179. The number of rotatable bonds is 8. The second kappa shape index (κ2) is 11.8. The molecule has 1 aliphatic rings. The Labute approximate surface area is 232 Å². The smallest absolute Gasteiger partial charge is 0.293 e. The van der Waals surface area contributed by atoms with Gasteiger partial charge in [0.1, 0.15) is 5.82 Å². The zero-order valence-electron chi connectivity index (χ0n) is 20.8. The molecule has 1 saturated heterocycles. The third-order valence-corrected chi connectivity index (χ3v) is 7.77. The highest BCUT2D eigenvalue weighted by molar-refractivity contribution is 9.10. The predicted molar refractivity (Wildman–Crippen MR) is 149 cm³/mol. The van der Waals surface area contributed by atoms with E-state index in [1.54, 1.807) is 36.4 Å². The number of nitrogens with one attached hydrogen (secondary N) is 1. The van der Waals surface area contributed by atoms with Crippen molar-refractivity contribution in [3.8, 4) is 11.5 Å². The first-order valence-electron chi connectivity index (χ1n) is 11.5. The molecule has 7 nitrogen and oxygen atoms in total. The van der Waals surface area contributed by atoms with Crippen LogP contribution in [0.4, 0.5) is 14.9 Å². The minimum atomic E-state index is -0.502. The van der Waals surface area contributed by atoms with E-state index < -0.39 is 17.0 Å². The first kappa shape index (κ1) is 27.4. The van der Waals surface area contributed by atoms with Crippen LogP contribution < -0.4 is 14.8 Å². The van der Waals surface area contributed by atoms with Crippen molar-refractivity contribution in [1.29, 1.82) is 0 Å². The number of ether oxygens (including phenoxy) is 2. The van der Waals surface area contributed by atoms with E-state index >= 15 is 0 Å². The van der Waals surface area contributed by atoms with Crippen molar-refractivity contribution in [1.82, 2.24) is 4.90 Å². The highest BCUT2D eigenvalue weighted by Crippen LogP contribution is 2.35. The quantitative estimate of drug-likeness (QED) is 0.299. The van der Waals surface area contributed by atoms with Crippen LogP contribution in [0.25, 0.3) is 6.08 Å². The Balaban J connectivity index is 1.43. The summed E-state index contributed by atoms with van der Waals surface area (Å²) in [5.74, 6) is -0.613. The summed E-state index contributed by atoms with van der Waals surface area (Å²) >= 11 is 4.26. The van der Waals surface area contributed by atoms with Gasteiger partial charge in [0.25, 0.3) is 17.1 Å². The molecule has 0 saturated carbocycles. The summed E-state index contributed by atoms with van der Waals surface area (Å²) in [5, 5.41) is 2.37. The van der Waals surface area contributed by atoms with Crippen molar-refractivity contribution in [2.75, 3.05) is 19.0 Å². The van der Waals surface area contributed by atoms with Gasteiger partial charge < -0.3 is 14.8 Å². The van der Waals surface area contributed by atoms with Crippen molar-refractivity contribution < 1.29 is 28.2 Å². The van der Waals surface area contributed by atoms with Crippen LogP contribution >= 0.6 is 27.7 Å². The molecule has 3 aromatic rings. The van der Waals surface area contributed by atoms with Crippen LogP contribution in [0, 0.1) is 19.7 Å². The number of benzene rings is 3. The molecule has 0 aromatic heterocycles. The Morgan fingerprint density at radius 2 is 1.84 bits per heavy atom. The lowest BCUT2D eigenvalue weighted by Gasteiger charge is -2.14. The highest BCUT2D eigenvalue weighted by atomic mass is 79.9. The van der Waals surface area contributed by atoms with Gasteiger partial charge in [-0.15, -0.1) is 0 Å². The van der Waals surface area contributed by atoms with Gasteiger partial charge in [-0.3, -0.25) is 19.3 Å². The molecule has 0 atom stereocenters. The number of hydrogen-bond donors (Lipinski definition) is 1. The largest absolute Gasteiger partial charge is 0.493 e. The van der Waals surface area contributed by atoms with E-state index in [1.807, 2.05) is 26.0 Å². The number of methoxy groups -OCH3 is 1. The normalized spacial score (nSPS) is 14.2. The first-order valence-corrected chi connectivity index (χ1v) is 13.1. The van der Waals surface area contributed by atoms with Crippen LogP contribution in [-0.2, 0) is 16.1 Å². The summed E-state index contributed by atoms with van der Waals surface area (Å²) in [6, 6.07) is 14.6.